The van der Waals surface area contributed by atoms with Crippen LogP contribution in [0.3, 0.4) is 0 Å². The first-order chi connectivity index (χ1) is 6.79. The highest BCUT2D eigenvalue weighted by atomic mass is 19.1. The second kappa shape index (κ2) is 2.72. The van der Waals surface area contributed by atoms with Crippen molar-refractivity contribution in [3.8, 4) is 0 Å². The van der Waals surface area contributed by atoms with Gasteiger partial charge in [0.15, 0.2) is 11.6 Å². The quantitative estimate of drug-likeness (QED) is 0.720. The molecule has 76 valence electrons. The number of rotatable bonds is 1. The van der Waals surface area contributed by atoms with Gasteiger partial charge >= 0.3 is 0 Å². The highest BCUT2D eigenvalue weighted by Gasteiger charge is 2.53. The van der Waals surface area contributed by atoms with Gasteiger partial charge in [-0.3, -0.25) is 5.10 Å². The molecule has 1 heterocycles. The third-order valence-electron chi connectivity index (χ3n) is 3.75. The van der Waals surface area contributed by atoms with Crippen LogP contribution in [-0.2, 0) is 0 Å². The smallest absolute Gasteiger partial charge is 0.188 e. The van der Waals surface area contributed by atoms with Crippen LogP contribution in [0.25, 0.3) is 0 Å². The van der Waals surface area contributed by atoms with E-state index in [1.807, 2.05) is 0 Å². The minimum atomic E-state index is -0.315. The molecule has 1 aromatic rings. The summed E-state index contributed by atoms with van der Waals surface area (Å²) in [4.78, 5) is 0. The van der Waals surface area contributed by atoms with Crippen LogP contribution >= 0.6 is 0 Å². The lowest BCUT2D eigenvalue weighted by Crippen LogP contribution is -1.91. The maximum atomic E-state index is 13.5. The molecule has 2 unspecified atom stereocenters. The first kappa shape index (κ1) is 8.26. The van der Waals surface area contributed by atoms with Crippen molar-refractivity contribution in [3.05, 3.63) is 11.5 Å². The number of halogens is 1. The van der Waals surface area contributed by atoms with Crippen LogP contribution in [0.1, 0.15) is 37.3 Å². The first-order valence-electron chi connectivity index (χ1n) is 5.28. The van der Waals surface area contributed by atoms with Crippen LogP contribution in [0.5, 0.6) is 0 Å². The summed E-state index contributed by atoms with van der Waals surface area (Å²) in [6, 6.07) is 0. The van der Waals surface area contributed by atoms with E-state index in [1.165, 1.54) is 25.7 Å². The number of hydrogen-bond acceptors (Lipinski definition) is 2. The van der Waals surface area contributed by atoms with Gasteiger partial charge in [-0.15, -0.1) is 0 Å². The van der Waals surface area contributed by atoms with Crippen molar-refractivity contribution in [3.63, 3.8) is 0 Å². The molecule has 0 aromatic carbocycles. The van der Waals surface area contributed by atoms with Gasteiger partial charge in [0.2, 0.25) is 0 Å². The van der Waals surface area contributed by atoms with Gasteiger partial charge in [0.05, 0.1) is 5.69 Å². The lowest BCUT2D eigenvalue weighted by Gasteiger charge is -2.04. The van der Waals surface area contributed by atoms with Crippen LogP contribution in [0.15, 0.2) is 0 Å². The standard InChI is InChI=1S/C10H14FN3/c11-8-9(13-14-10(8)12)7-5-3-1-2-4-6(5)7/h5-7H,1-4H2,(H3,12,13,14). The molecule has 3 rings (SSSR count). The molecule has 3 nitrogen and oxygen atoms in total. The van der Waals surface area contributed by atoms with Gasteiger partial charge in [0, 0.05) is 5.92 Å². The van der Waals surface area contributed by atoms with Crippen LogP contribution < -0.4 is 5.73 Å². The summed E-state index contributed by atoms with van der Waals surface area (Å²) in [5.74, 6) is 1.46. The third-order valence-corrected chi connectivity index (χ3v) is 3.75. The number of fused-ring (bicyclic) bond motifs is 1. The Labute approximate surface area is 81.9 Å². The Morgan fingerprint density at radius 3 is 2.43 bits per heavy atom. The van der Waals surface area contributed by atoms with Crippen molar-refractivity contribution in [1.82, 2.24) is 10.2 Å². The summed E-state index contributed by atoms with van der Waals surface area (Å²) in [7, 11) is 0. The monoisotopic (exact) mass is 195 g/mol. The van der Waals surface area contributed by atoms with Gasteiger partial charge in [-0.2, -0.15) is 5.10 Å². The minimum Gasteiger partial charge on any atom is -0.380 e. The number of nitrogens with one attached hydrogen (secondary N) is 1. The number of aromatic amines is 1. The van der Waals surface area contributed by atoms with E-state index >= 15 is 0 Å². The first-order valence-corrected chi connectivity index (χ1v) is 5.28. The lowest BCUT2D eigenvalue weighted by molar-refractivity contribution is 0.480. The minimum absolute atomic E-state index is 0.0173. The Bertz CT molecular complexity index is 348. The summed E-state index contributed by atoms with van der Waals surface area (Å²) in [6.07, 6.45) is 5.08. The Morgan fingerprint density at radius 1 is 1.29 bits per heavy atom. The average Bonchev–Trinajstić information content (AvgIpc) is 2.84. The molecule has 0 spiro atoms. The molecule has 0 amide bonds. The van der Waals surface area contributed by atoms with Crippen LogP contribution in [0.2, 0.25) is 0 Å². The number of nitrogen functional groups attached to an aromatic ring is 1. The summed E-state index contributed by atoms with van der Waals surface area (Å²) >= 11 is 0. The fourth-order valence-electron chi connectivity index (χ4n) is 3.00. The highest BCUT2D eigenvalue weighted by Crippen LogP contribution is 2.61. The molecule has 4 heteroatoms. The Kier molecular flexibility index (Phi) is 1.60. The Morgan fingerprint density at radius 2 is 1.93 bits per heavy atom. The van der Waals surface area contributed by atoms with E-state index < -0.39 is 0 Å². The van der Waals surface area contributed by atoms with Gasteiger partial charge in [0.1, 0.15) is 0 Å². The topological polar surface area (TPSA) is 54.7 Å². The molecule has 3 N–H and O–H groups in total. The molecule has 2 aliphatic carbocycles. The van der Waals surface area contributed by atoms with Crippen LogP contribution in [0.4, 0.5) is 10.2 Å². The largest absolute Gasteiger partial charge is 0.380 e. The Hall–Kier alpha value is -1.06. The van der Waals surface area contributed by atoms with E-state index in [-0.39, 0.29) is 11.6 Å². The van der Waals surface area contributed by atoms with E-state index in [4.69, 9.17) is 5.73 Å². The van der Waals surface area contributed by atoms with Crippen molar-refractivity contribution in [2.24, 2.45) is 11.8 Å². The van der Waals surface area contributed by atoms with Crippen molar-refractivity contribution in [2.75, 3.05) is 5.73 Å². The lowest BCUT2D eigenvalue weighted by atomic mass is 10.0. The molecule has 0 bridgehead atoms. The molecule has 14 heavy (non-hydrogen) atoms. The molecule has 0 aliphatic heterocycles. The molecule has 2 atom stereocenters. The summed E-state index contributed by atoms with van der Waals surface area (Å²) in [5.41, 5.74) is 6.03. The molecule has 2 saturated carbocycles. The fourth-order valence-corrected chi connectivity index (χ4v) is 3.00. The summed E-state index contributed by atoms with van der Waals surface area (Å²) in [5, 5.41) is 6.46. The summed E-state index contributed by atoms with van der Waals surface area (Å²) < 4.78 is 13.5. The average molecular weight is 195 g/mol. The number of hydrogen-bond donors (Lipinski definition) is 2. The maximum absolute atomic E-state index is 13.5. The van der Waals surface area contributed by atoms with Gasteiger partial charge in [-0.1, -0.05) is 12.8 Å². The molecular weight excluding hydrogens is 181 g/mol. The van der Waals surface area contributed by atoms with Crippen LogP contribution in [-0.4, -0.2) is 10.2 Å². The number of H-pyrrole nitrogens is 1. The molecule has 1 aromatic heterocycles. The number of anilines is 1. The van der Waals surface area contributed by atoms with Crippen molar-refractivity contribution < 1.29 is 4.39 Å². The normalized spacial score (nSPS) is 35.4. The molecule has 0 saturated heterocycles. The van der Waals surface area contributed by atoms with Gasteiger partial charge < -0.3 is 5.73 Å². The van der Waals surface area contributed by atoms with E-state index in [9.17, 15) is 4.39 Å². The fraction of sp³-hybridized carbons (Fsp3) is 0.700. The van der Waals surface area contributed by atoms with Gasteiger partial charge in [-0.25, -0.2) is 4.39 Å². The maximum Gasteiger partial charge on any atom is 0.188 e. The zero-order chi connectivity index (χ0) is 9.71. The zero-order valence-electron chi connectivity index (χ0n) is 7.96. The van der Waals surface area contributed by atoms with Crippen molar-refractivity contribution in [2.45, 2.75) is 31.6 Å². The molecule has 2 fully saturated rings. The predicted octanol–water partition coefficient (Wildman–Crippen LogP) is 2.03. The summed E-state index contributed by atoms with van der Waals surface area (Å²) in [6.45, 7) is 0. The van der Waals surface area contributed by atoms with E-state index in [1.54, 1.807) is 0 Å². The predicted molar refractivity (Wildman–Crippen MR) is 51.1 cm³/mol. The van der Waals surface area contributed by atoms with E-state index in [2.05, 4.69) is 10.2 Å². The van der Waals surface area contributed by atoms with E-state index in [0.717, 1.165) is 0 Å². The molecule has 2 aliphatic rings. The van der Waals surface area contributed by atoms with Gasteiger partial charge in [0.25, 0.3) is 0 Å². The SMILES string of the molecule is Nc1n[nH]c(C2C3CCCCC32)c1F. The highest BCUT2D eigenvalue weighted by molar-refractivity contribution is 5.36. The van der Waals surface area contributed by atoms with Crippen molar-refractivity contribution in [1.29, 1.82) is 0 Å². The van der Waals surface area contributed by atoms with E-state index in [0.29, 0.717) is 23.4 Å². The number of nitrogens with two attached hydrogens (primary N) is 1. The third kappa shape index (κ3) is 0.996. The number of nitrogens with zero attached hydrogens (tertiary/aromatic N) is 1. The van der Waals surface area contributed by atoms with Gasteiger partial charge in [-0.05, 0) is 24.7 Å². The number of aromatic nitrogens is 2. The second-order valence-electron chi connectivity index (χ2n) is 4.47. The molecular formula is C10H14FN3. The molecule has 0 radical (unpaired) electrons. The second-order valence-corrected chi connectivity index (χ2v) is 4.47. The zero-order valence-corrected chi connectivity index (χ0v) is 7.96. The van der Waals surface area contributed by atoms with Crippen molar-refractivity contribution >= 4 is 5.82 Å². The van der Waals surface area contributed by atoms with Crippen LogP contribution in [0, 0.1) is 17.7 Å². The Balaban J connectivity index is 1.87.